The van der Waals surface area contributed by atoms with Crippen molar-refractivity contribution in [3.05, 3.63) is 94.0 Å². The zero-order valence-electron chi connectivity index (χ0n) is 23.2. The van der Waals surface area contributed by atoms with Crippen molar-refractivity contribution in [1.82, 2.24) is 10.2 Å². The number of carbonyl (C=O) groups excluding carboxylic acids is 2. The Morgan fingerprint density at radius 3 is 2.24 bits per heavy atom. The van der Waals surface area contributed by atoms with Gasteiger partial charge >= 0.3 is 0 Å². The van der Waals surface area contributed by atoms with Crippen LogP contribution in [-0.4, -0.2) is 43.8 Å². The average Bonchev–Trinajstić information content (AvgIpc) is 2.97. The van der Waals surface area contributed by atoms with Crippen molar-refractivity contribution >= 4 is 50.7 Å². The van der Waals surface area contributed by atoms with Gasteiger partial charge in [-0.25, -0.2) is 8.42 Å². The van der Waals surface area contributed by atoms with Crippen LogP contribution in [0.2, 0.25) is 10.0 Å². The van der Waals surface area contributed by atoms with E-state index in [-0.39, 0.29) is 39.1 Å². The Balaban J connectivity index is 1.69. The maximum Gasteiger partial charge on any atom is 0.264 e. The van der Waals surface area contributed by atoms with Gasteiger partial charge in [-0.15, -0.1) is 0 Å². The highest BCUT2D eigenvalue weighted by Crippen LogP contribution is 2.35. The van der Waals surface area contributed by atoms with Gasteiger partial charge in [0.15, 0.2) is 0 Å². The van der Waals surface area contributed by atoms with Crippen molar-refractivity contribution < 1.29 is 18.0 Å². The summed E-state index contributed by atoms with van der Waals surface area (Å²) in [6.07, 6.45) is 5.07. The van der Waals surface area contributed by atoms with E-state index < -0.39 is 28.5 Å². The lowest BCUT2D eigenvalue weighted by Gasteiger charge is -2.33. The van der Waals surface area contributed by atoms with E-state index in [0.717, 1.165) is 47.5 Å². The second-order valence-electron chi connectivity index (χ2n) is 10.4. The fraction of sp³-hybridized carbons (Fsp3) is 0.355. The minimum atomic E-state index is -4.24. The van der Waals surface area contributed by atoms with Crippen molar-refractivity contribution in [2.45, 2.75) is 69.5 Å². The van der Waals surface area contributed by atoms with Crippen LogP contribution >= 0.6 is 23.2 Å². The first-order valence-corrected chi connectivity index (χ1v) is 15.9. The standard InChI is InChI=1S/C31H35Cl2N3O4S/c1-22-16-18-26(19-17-22)41(39,40)36(28-15-9-14-27(32)30(28)33)21-29(37)35(20-24-10-5-3-6-11-24)23(2)31(38)34-25-12-7-4-8-13-25/h3,5-6,9-11,14-19,23,25H,4,7-8,12-13,20-21H2,1-2H3,(H,34,38). The Kier molecular flexibility index (Phi) is 10.3. The molecule has 0 spiro atoms. The van der Waals surface area contributed by atoms with Crippen LogP contribution in [0.4, 0.5) is 5.69 Å². The molecule has 1 aliphatic rings. The van der Waals surface area contributed by atoms with Gasteiger partial charge in [-0.2, -0.15) is 0 Å². The molecule has 1 atom stereocenters. The fourth-order valence-corrected chi connectivity index (χ4v) is 6.84. The predicted molar refractivity (Wildman–Crippen MR) is 164 cm³/mol. The molecule has 0 radical (unpaired) electrons. The number of carbonyl (C=O) groups is 2. The fourth-order valence-electron chi connectivity index (χ4n) is 4.97. The Morgan fingerprint density at radius 1 is 0.927 bits per heavy atom. The van der Waals surface area contributed by atoms with Crippen molar-refractivity contribution in [2.24, 2.45) is 0 Å². The molecule has 1 saturated carbocycles. The molecular formula is C31H35Cl2N3O4S. The van der Waals surface area contributed by atoms with Gasteiger partial charge in [-0.05, 0) is 56.5 Å². The highest BCUT2D eigenvalue weighted by atomic mass is 35.5. The molecule has 3 aromatic rings. The van der Waals surface area contributed by atoms with Gasteiger partial charge in [0.1, 0.15) is 12.6 Å². The number of benzene rings is 3. The quantitative estimate of drug-likeness (QED) is 0.287. The molecule has 1 aliphatic carbocycles. The molecule has 0 aromatic heterocycles. The lowest BCUT2D eigenvalue weighted by molar-refractivity contribution is -0.139. The van der Waals surface area contributed by atoms with Crippen molar-refractivity contribution in [1.29, 1.82) is 0 Å². The third-order valence-electron chi connectivity index (χ3n) is 7.40. The lowest BCUT2D eigenvalue weighted by Crippen LogP contribution is -2.53. The largest absolute Gasteiger partial charge is 0.352 e. The van der Waals surface area contributed by atoms with Gasteiger partial charge in [-0.1, -0.05) is 96.6 Å². The van der Waals surface area contributed by atoms with Gasteiger partial charge in [0.05, 0.1) is 20.6 Å². The summed E-state index contributed by atoms with van der Waals surface area (Å²) in [4.78, 5) is 28.9. The minimum Gasteiger partial charge on any atom is -0.352 e. The summed E-state index contributed by atoms with van der Waals surface area (Å²) in [5.74, 6) is -0.818. The highest BCUT2D eigenvalue weighted by Gasteiger charge is 2.34. The topological polar surface area (TPSA) is 86.8 Å². The average molecular weight is 617 g/mol. The van der Waals surface area contributed by atoms with Crippen molar-refractivity contribution in [2.75, 3.05) is 10.8 Å². The molecule has 0 heterocycles. The molecule has 10 heteroatoms. The van der Waals surface area contributed by atoms with Crippen LogP contribution in [0.1, 0.15) is 50.2 Å². The number of nitrogens with one attached hydrogen (secondary N) is 1. The number of aryl methyl sites for hydroxylation is 1. The van der Waals surface area contributed by atoms with E-state index in [4.69, 9.17) is 23.2 Å². The van der Waals surface area contributed by atoms with E-state index in [1.807, 2.05) is 37.3 Å². The van der Waals surface area contributed by atoms with Gasteiger partial charge in [0.25, 0.3) is 10.0 Å². The van der Waals surface area contributed by atoms with Crippen LogP contribution in [-0.2, 0) is 26.2 Å². The van der Waals surface area contributed by atoms with E-state index in [1.54, 1.807) is 31.2 Å². The molecule has 3 aromatic carbocycles. The van der Waals surface area contributed by atoms with Crippen LogP contribution in [0, 0.1) is 6.92 Å². The molecule has 0 saturated heterocycles. The number of anilines is 1. The maximum absolute atomic E-state index is 14.1. The molecule has 7 nitrogen and oxygen atoms in total. The Labute approximate surface area is 252 Å². The lowest BCUT2D eigenvalue weighted by atomic mass is 9.95. The second-order valence-corrected chi connectivity index (χ2v) is 13.1. The Hall–Kier alpha value is -3.07. The van der Waals surface area contributed by atoms with E-state index in [9.17, 15) is 18.0 Å². The first-order valence-electron chi connectivity index (χ1n) is 13.7. The monoisotopic (exact) mass is 615 g/mol. The first kappa shape index (κ1) is 30.9. The molecule has 1 unspecified atom stereocenters. The smallest absolute Gasteiger partial charge is 0.264 e. The summed E-state index contributed by atoms with van der Waals surface area (Å²) >= 11 is 12.8. The molecular weight excluding hydrogens is 581 g/mol. The number of hydrogen-bond acceptors (Lipinski definition) is 4. The Bertz CT molecular complexity index is 1460. The molecule has 0 bridgehead atoms. The number of amides is 2. The number of sulfonamides is 1. The normalized spacial score (nSPS) is 14.7. The zero-order chi connectivity index (χ0) is 29.6. The molecule has 1 N–H and O–H groups in total. The van der Waals surface area contributed by atoms with Gasteiger partial charge < -0.3 is 10.2 Å². The summed E-state index contributed by atoms with van der Waals surface area (Å²) in [6, 6.07) is 19.5. The molecule has 1 fully saturated rings. The molecule has 41 heavy (non-hydrogen) atoms. The molecule has 4 rings (SSSR count). The number of nitrogens with zero attached hydrogens (tertiary/aromatic N) is 2. The van der Waals surface area contributed by atoms with Crippen LogP contribution < -0.4 is 9.62 Å². The highest BCUT2D eigenvalue weighted by molar-refractivity contribution is 7.92. The summed E-state index contributed by atoms with van der Waals surface area (Å²) in [5.41, 5.74) is 1.78. The second kappa shape index (κ2) is 13.7. The number of hydrogen-bond donors (Lipinski definition) is 1. The van der Waals surface area contributed by atoms with Crippen LogP contribution in [0.25, 0.3) is 0 Å². The number of halogens is 2. The summed E-state index contributed by atoms with van der Waals surface area (Å²) < 4.78 is 28.9. The molecule has 0 aliphatic heterocycles. The Morgan fingerprint density at radius 2 is 1.59 bits per heavy atom. The molecule has 2 amide bonds. The van der Waals surface area contributed by atoms with Gasteiger partial charge in [0.2, 0.25) is 11.8 Å². The molecule has 218 valence electrons. The van der Waals surface area contributed by atoms with Gasteiger partial charge in [-0.3, -0.25) is 13.9 Å². The van der Waals surface area contributed by atoms with E-state index in [2.05, 4.69) is 5.32 Å². The van der Waals surface area contributed by atoms with Crippen LogP contribution in [0.3, 0.4) is 0 Å². The van der Waals surface area contributed by atoms with Crippen molar-refractivity contribution in [3.8, 4) is 0 Å². The first-order chi connectivity index (χ1) is 19.6. The van der Waals surface area contributed by atoms with E-state index >= 15 is 0 Å². The zero-order valence-corrected chi connectivity index (χ0v) is 25.6. The summed E-state index contributed by atoms with van der Waals surface area (Å²) in [6.45, 7) is 3.07. The van der Waals surface area contributed by atoms with Crippen LogP contribution in [0.15, 0.2) is 77.7 Å². The van der Waals surface area contributed by atoms with Crippen LogP contribution in [0.5, 0.6) is 0 Å². The maximum atomic E-state index is 14.1. The number of rotatable bonds is 10. The van der Waals surface area contributed by atoms with E-state index in [0.29, 0.717) is 0 Å². The predicted octanol–water partition coefficient (Wildman–Crippen LogP) is 6.36. The van der Waals surface area contributed by atoms with E-state index in [1.165, 1.54) is 23.1 Å². The third kappa shape index (κ3) is 7.61. The third-order valence-corrected chi connectivity index (χ3v) is 9.99. The summed E-state index contributed by atoms with van der Waals surface area (Å²) in [7, 11) is -4.24. The minimum absolute atomic E-state index is 0.00430. The SMILES string of the molecule is Cc1ccc(S(=O)(=O)N(CC(=O)N(Cc2ccccc2)C(C)C(=O)NC2CCCCC2)c2cccc(Cl)c2Cl)cc1. The summed E-state index contributed by atoms with van der Waals surface area (Å²) in [5, 5.41) is 3.26. The van der Waals surface area contributed by atoms with Crippen molar-refractivity contribution in [3.63, 3.8) is 0 Å². The van der Waals surface area contributed by atoms with Gasteiger partial charge in [0, 0.05) is 12.6 Å².